The zero-order chi connectivity index (χ0) is 28.9. The summed E-state index contributed by atoms with van der Waals surface area (Å²) in [7, 11) is 0. The summed E-state index contributed by atoms with van der Waals surface area (Å²) in [5.74, 6) is -0.239. The highest BCUT2D eigenvalue weighted by molar-refractivity contribution is 5.91. The molecule has 0 aromatic heterocycles. The van der Waals surface area contributed by atoms with Gasteiger partial charge in [-0.2, -0.15) is 0 Å². The van der Waals surface area contributed by atoms with E-state index in [1.165, 1.54) is 0 Å². The molecule has 0 fully saturated rings. The van der Waals surface area contributed by atoms with Gasteiger partial charge in [-0.1, -0.05) is 56.7 Å². The lowest BCUT2D eigenvalue weighted by molar-refractivity contribution is -0.148. The molecule has 0 amide bonds. The molecule has 2 atom stereocenters. The molecule has 0 aliphatic heterocycles. The first kappa shape index (κ1) is 30.6. The van der Waals surface area contributed by atoms with Gasteiger partial charge in [0.1, 0.15) is 11.5 Å². The first-order valence-corrected chi connectivity index (χ1v) is 13.8. The lowest BCUT2D eigenvalue weighted by Gasteiger charge is -2.12. The minimum Gasteiger partial charge on any atom is -0.463 e. The van der Waals surface area contributed by atoms with Crippen molar-refractivity contribution in [1.29, 1.82) is 0 Å². The number of aryl methyl sites for hydroxylation is 1. The van der Waals surface area contributed by atoms with Gasteiger partial charge in [-0.3, -0.25) is 4.79 Å². The molecular weight excluding hydrogens is 508 g/mol. The van der Waals surface area contributed by atoms with Crippen LogP contribution in [0.5, 0.6) is 11.5 Å². The van der Waals surface area contributed by atoms with Crippen LogP contribution in [-0.2, 0) is 25.5 Å². The van der Waals surface area contributed by atoms with Gasteiger partial charge in [0.15, 0.2) is 6.10 Å². The highest BCUT2D eigenvalue weighted by Crippen LogP contribution is 2.24. The molecule has 0 aliphatic rings. The molecule has 3 aromatic carbocycles. The van der Waals surface area contributed by atoms with Crippen LogP contribution in [0.1, 0.15) is 69.3 Å². The van der Waals surface area contributed by atoms with Crippen molar-refractivity contribution in [2.75, 3.05) is 6.61 Å². The fourth-order valence-corrected chi connectivity index (χ4v) is 3.96. The molecule has 40 heavy (non-hydrogen) atoms. The maximum Gasteiger partial charge on any atom is 0.343 e. The molecule has 0 spiro atoms. The van der Waals surface area contributed by atoms with Crippen LogP contribution >= 0.6 is 0 Å². The Bertz CT molecular complexity index is 1230. The highest BCUT2D eigenvalue weighted by Gasteiger charge is 2.16. The van der Waals surface area contributed by atoms with E-state index in [9.17, 15) is 14.4 Å². The minimum atomic E-state index is -0.625. The first-order chi connectivity index (χ1) is 19.3. The Labute approximate surface area is 236 Å². The number of hydrogen-bond acceptors (Lipinski definition) is 7. The average Bonchev–Trinajstić information content (AvgIpc) is 2.96. The Kier molecular flexibility index (Phi) is 11.9. The van der Waals surface area contributed by atoms with Gasteiger partial charge in [0.2, 0.25) is 0 Å². The van der Waals surface area contributed by atoms with E-state index in [1.54, 1.807) is 43.3 Å². The van der Waals surface area contributed by atoms with E-state index >= 15 is 0 Å². The monoisotopic (exact) mass is 546 g/mol. The Balaban J connectivity index is 1.50. The quantitative estimate of drug-likeness (QED) is 0.160. The fraction of sp³-hybridized carbons (Fsp3) is 0.364. The van der Waals surface area contributed by atoms with Crippen molar-refractivity contribution in [1.82, 2.24) is 0 Å². The van der Waals surface area contributed by atoms with E-state index in [2.05, 4.69) is 6.92 Å². The van der Waals surface area contributed by atoms with Crippen LogP contribution in [-0.4, -0.2) is 36.7 Å². The van der Waals surface area contributed by atoms with E-state index in [-0.39, 0.29) is 12.1 Å². The predicted molar refractivity (Wildman–Crippen MR) is 153 cm³/mol. The van der Waals surface area contributed by atoms with Gasteiger partial charge in [-0.15, -0.1) is 0 Å². The Morgan fingerprint density at radius 1 is 0.725 bits per heavy atom. The van der Waals surface area contributed by atoms with Gasteiger partial charge in [-0.05, 0) is 86.2 Å². The SMILES string of the molecule is CCCO[C@@H](C)C(=O)Oc1ccc(-c2ccc(C(=O)Oc3ccc(CCC(=O)O[C@@H](C)CCC)cc3)cc2)cc1. The fourth-order valence-electron chi connectivity index (χ4n) is 3.96. The zero-order valence-electron chi connectivity index (χ0n) is 23.7. The molecule has 212 valence electrons. The molecule has 0 saturated heterocycles. The summed E-state index contributed by atoms with van der Waals surface area (Å²) in [6.45, 7) is 8.12. The summed E-state index contributed by atoms with van der Waals surface area (Å²) in [5, 5.41) is 0. The predicted octanol–water partition coefficient (Wildman–Crippen LogP) is 6.96. The van der Waals surface area contributed by atoms with E-state index in [0.717, 1.165) is 36.0 Å². The lowest BCUT2D eigenvalue weighted by Crippen LogP contribution is -2.26. The van der Waals surface area contributed by atoms with Gasteiger partial charge in [0.25, 0.3) is 0 Å². The number of ether oxygens (including phenoxy) is 4. The van der Waals surface area contributed by atoms with Crippen molar-refractivity contribution in [3.05, 3.63) is 83.9 Å². The number of rotatable bonds is 14. The number of carbonyl (C=O) groups is 3. The summed E-state index contributed by atoms with van der Waals surface area (Å²) < 4.78 is 21.7. The Morgan fingerprint density at radius 3 is 1.90 bits per heavy atom. The van der Waals surface area contributed by atoms with Gasteiger partial charge < -0.3 is 18.9 Å². The van der Waals surface area contributed by atoms with Gasteiger partial charge >= 0.3 is 17.9 Å². The summed E-state index contributed by atoms with van der Waals surface area (Å²) in [4.78, 5) is 36.7. The van der Waals surface area contributed by atoms with E-state index < -0.39 is 18.0 Å². The van der Waals surface area contributed by atoms with Gasteiger partial charge in [0, 0.05) is 13.0 Å². The zero-order valence-corrected chi connectivity index (χ0v) is 23.7. The van der Waals surface area contributed by atoms with Crippen molar-refractivity contribution in [3.8, 4) is 22.6 Å². The second kappa shape index (κ2) is 15.6. The van der Waals surface area contributed by atoms with E-state index in [0.29, 0.717) is 36.5 Å². The molecule has 0 heterocycles. The minimum absolute atomic E-state index is 0.0646. The second-order valence-electron chi connectivity index (χ2n) is 9.66. The van der Waals surface area contributed by atoms with Crippen LogP contribution in [0.3, 0.4) is 0 Å². The lowest BCUT2D eigenvalue weighted by atomic mass is 10.0. The normalized spacial score (nSPS) is 12.3. The standard InChI is InChI=1S/C33H38O7/c1-5-7-23(3)38-31(34)21-10-25-8-17-29(18-9-25)40-33(36)28-13-11-26(12-14-28)27-15-19-30(20-16-27)39-32(35)24(4)37-22-6-2/h8-9,11-20,23-24H,5-7,10,21-22H2,1-4H3/t23-,24-/m0/s1. The third-order valence-corrected chi connectivity index (χ3v) is 6.21. The van der Waals surface area contributed by atoms with Crippen molar-refractivity contribution in [2.45, 2.75) is 72.0 Å². The average molecular weight is 547 g/mol. The molecule has 0 bridgehead atoms. The van der Waals surface area contributed by atoms with Gasteiger partial charge in [0.05, 0.1) is 11.7 Å². The van der Waals surface area contributed by atoms with Crippen LogP contribution in [0.4, 0.5) is 0 Å². The van der Waals surface area contributed by atoms with Crippen LogP contribution in [0.2, 0.25) is 0 Å². The van der Waals surface area contributed by atoms with Gasteiger partial charge in [-0.25, -0.2) is 9.59 Å². The van der Waals surface area contributed by atoms with E-state index in [1.807, 2.05) is 50.2 Å². The molecule has 0 unspecified atom stereocenters. The number of carbonyl (C=O) groups excluding carboxylic acids is 3. The number of hydrogen-bond donors (Lipinski definition) is 0. The summed E-state index contributed by atoms with van der Waals surface area (Å²) in [6.07, 6.45) is 2.83. The van der Waals surface area contributed by atoms with Crippen LogP contribution in [0.25, 0.3) is 11.1 Å². The van der Waals surface area contributed by atoms with Crippen LogP contribution in [0.15, 0.2) is 72.8 Å². The summed E-state index contributed by atoms with van der Waals surface area (Å²) in [5.41, 5.74) is 3.20. The topological polar surface area (TPSA) is 88.1 Å². The maximum atomic E-state index is 12.6. The molecule has 0 saturated carbocycles. The Hall–Kier alpha value is -3.97. The molecule has 3 rings (SSSR count). The summed E-state index contributed by atoms with van der Waals surface area (Å²) >= 11 is 0. The first-order valence-electron chi connectivity index (χ1n) is 13.8. The third-order valence-electron chi connectivity index (χ3n) is 6.21. The largest absolute Gasteiger partial charge is 0.463 e. The van der Waals surface area contributed by atoms with Crippen molar-refractivity contribution in [3.63, 3.8) is 0 Å². The van der Waals surface area contributed by atoms with Crippen molar-refractivity contribution in [2.24, 2.45) is 0 Å². The Morgan fingerprint density at radius 2 is 1.30 bits per heavy atom. The maximum absolute atomic E-state index is 12.6. The number of benzene rings is 3. The van der Waals surface area contributed by atoms with Crippen molar-refractivity contribution >= 4 is 17.9 Å². The van der Waals surface area contributed by atoms with Crippen LogP contribution in [0, 0.1) is 0 Å². The third kappa shape index (κ3) is 9.65. The smallest absolute Gasteiger partial charge is 0.343 e. The molecule has 0 N–H and O–H groups in total. The van der Waals surface area contributed by atoms with E-state index in [4.69, 9.17) is 18.9 Å². The molecule has 0 aliphatic carbocycles. The van der Waals surface area contributed by atoms with Crippen LogP contribution < -0.4 is 9.47 Å². The second-order valence-corrected chi connectivity index (χ2v) is 9.66. The molecule has 3 aromatic rings. The number of esters is 3. The van der Waals surface area contributed by atoms with Crippen molar-refractivity contribution < 1.29 is 33.3 Å². The molecule has 0 radical (unpaired) electrons. The highest BCUT2D eigenvalue weighted by atomic mass is 16.6. The summed E-state index contributed by atoms with van der Waals surface area (Å²) in [6, 6.07) is 21.3. The molecule has 7 heteroatoms. The molecular formula is C33H38O7. The molecule has 7 nitrogen and oxygen atoms in total.